The summed E-state index contributed by atoms with van der Waals surface area (Å²) < 4.78 is 11.3. The molecule has 3 fully saturated rings. The lowest BCUT2D eigenvalue weighted by molar-refractivity contribution is 0.00236. The van der Waals surface area contributed by atoms with Crippen LogP contribution < -0.4 is 5.32 Å². The van der Waals surface area contributed by atoms with Crippen molar-refractivity contribution in [1.82, 2.24) is 15.1 Å². The number of hydrogen-bond donors (Lipinski definition) is 1. The van der Waals surface area contributed by atoms with E-state index < -0.39 is 0 Å². The Morgan fingerprint density at radius 1 is 1.13 bits per heavy atom. The first kappa shape index (κ1) is 21.9. The Hall–Kier alpha value is -1.28. The SMILES string of the molecule is CN=C(NCC(C1CCOC1)N1CCOCC1)N1CCC(CSc2ccccc2)C1. The Bertz CT molecular complexity index is 662. The minimum absolute atomic E-state index is 0.486. The van der Waals surface area contributed by atoms with Gasteiger partial charge >= 0.3 is 0 Å². The number of nitrogens with one attached hydrogen (secondary N) is 1. The summed E-state index contributed by atoms with van der Waals surface area (Å²) in [5.41, 5.74) is 0. The van der Waals surface area contributed by atoms with Crippen LogP contribution in [0.4, 0.5) is 0 Å². The first-order valence-electron chi connectivity index (χ1n) is 11.4. The van der Waals surface area contributed by atoms with Crippen LogP contribution in [-0.4, -0.2) is 93.8 Å². The third kappa shape index (κ3) is 5.90. The van der Waals surface area contributed by atoms with Crippen LogP contribution in [0.25, 0.3) is 0 Å². The quantitative estimate of drug-likeness (QED) is 0.406. The fourth-order valence-electron chi connectivity index (χ4n) is 4.78. The summed E-state index contributed by atoms with van der Waals surface area (Å²) in [4.78, 5) is 11.0. The summed E-state index contributed by atoms with van der Waals surface area (Å²) in [5.74, 6) is 3.54. The van der Waals surface area contributed by atoms with Crippen LogP contribution in [0.15, 0.2) is 40.2 Å². The molecule has 3 unspecified atom stereocenters. The van der Waals surface area contributed by atoms with Gasteiger partial charge in [0.1, 0.15) is 0 Å². The second-order valence-corrected chi connectivity index (χ2v) is 9.59. The van der Waals surface area contributed by atoms with Crippen LogP contribution in [0.2, 0.25) is 0 Å². The van der Waals surface area contributed by atoms with Gasteiger partial charge in [-0.25, -0.2) is 0 Å². The molecular weight excluding hydrogens is 396 g/mol. The zero-order valence-corrected chi connectivity index (χ0v) is 19.0. The number of thioether (sulfide) groups is 1. The van der Waals surface area contributed by atoms with E-state index in [1.807, 2.05) is 18.8 Å². The fraction of sp³-hybridized carbons (Fsp3) is 0.696. The lowest BCUT2D eigenvalue weighted by Crippen LogP contribution is -2.54. The predicted molar refractivity (Wildman–Crippen MR) is 123 cm³/mol. The molecule has 0 aliphatic carbocycles. The molecule has 0 spiro atoms. The van der Waals surface area contributed by atoms with Crippen molar-refractivity contribution in [1.29, 1.82) is 0 Å². The number of rotatable bonds is 7. The molecule has 3 saturated heterocycles. The van der Waals surface area contributed by atoms with Crippen molar-refractivity contribution < 1.29 is 9.47 Å². The molecule has 3 atom stereocenters. The predicted octanol–water partition coefficient (Wildman–Crippen LogP) is 2.41. The molecule has 6 nitrogen and oxygen atoms in total. The van der Waals surface area contributed by atoms with Crippen LogP contribution in [0, 0.1) is 11.8 Å². The molecule has 0 aromatic heterocycles. The van der Waals surface area contributed by atoms with Crippen LogP contribution in [0.1, 0.15) is 12.8 Å². The van der Waals surface area contributed by atoms with E-state index in [4.69, 9.17) is 9.47 Å². The van der Waals surface area contributed by atoms with Crippen molar-refractivity contribution in [2.45, 2.75) is 23.8 Å². The number of ether oxygens (including phenoxy) is 2. The van der Waals surface area contributed by atoms with Crippen LogP contribution in [-0.2, 0) is 9.47 Å². The molecule has 1 aromatic carbocycles. The Kier molecular flexibility index (Phi) is 8.31. The molecule has 0 radical (unpaired) electrons. The summed E-state index contributed by atoms with van der Waals surface area (Å²) in [5, 5.41) is 3.71. The highest BCUT2D eigenvalue weighted by Crippen LogP contribution is 2.26. The molecule has 30 heavy (non-hydrogen) atoms. The maximum absolute atomic E-state index is 5.71. The highest BCUT2D eigenvalue weighted by atomic mass is 32.2. The second kappa shape index (κ2) is 11.4. The zero-order chi connectivity index (χ0) is 20.6. The van der Waals surface area contributed by atoms with E-state index in [1.54, 1.807) is 0 Å². The minimum atomic E-state index is 0.486. The van der Waals surface area contributed by atoms with E-state index in [0.717, 1.165) is 71.5 Å². The van der Waals surface area contributed by atoms with Gasteiger partial charge in [0.15, 0.2) is 5.96 Å². The standard InChI is InChI=1S/C23H36N4O2S/c1-24-23(27-9-7-19(16-27)18-30-21-5-3-2-4-6-21)25-15-22(20-8-12-29-17-20)26-10-13-28-14-11-26/h2-6,19-20,22H,7-18H2,1H3,(H,24,25). The van der Waals surface area contributed by atoms with Crippen LogP contribution >= 0.6 is 11.8 Å². The Morgan fingerprint density at radius 3 is 2.70 bits per heavy atom. The van der Waals surface area contributed by atoms with Gasteiger partial charge in [-0.1, -0.05) is 18.2 Å². The van der Waals surface area contributed by atoms with E-state index in [-0.39, 0.29) is 0 Å². The number of benzene rings is 1. The topological polar surface area (TPSA) is 49.3 Å². The average Bonchev–Trinajstić information content (AvgIpc) is 3.49. The normalized spacial score (nSPS) is 26.8. The number of morpholine rings is 1. The number of likely N-dealkylation sites (tertiary alicyclic amines) is 1. The lowest BCUT2D eigenvalue weighted by atomic mass is 9.97. The fourth-order valence-corrected chi connectivity index (χ4v) is 5.83. The van der Waals surface area contributed by atoms with Crippen molar-refractivity contribution in [3.63, 3.8) is 0 Å². The molecule has 0 saturated carbocycles. The number of nitrogens with zero attached hydrogens (tertiary/aromatic N) is 3. The number of guanidine groups is 1. The third-order valence-corrected chi connectivity index (χ3v) is 7.76. The maximum Gasteiger partial charge on any atom is 0.193 e. The van der Waals surface area contributed by atoms with Crippen LogP contribution in [0.3, 0.4) is 0 Å². The molecule has 1 aromatic rings. The van der Waals surface area contributed by atoms with E-state index in [9.17, 15) is 0 Å². The second-order valence-electron chi connectivity index (χ2n) is 8.49. The van der Waals surface area contributed by atoms with Crippen molar-refractivity contribution in [3.8, 4) is 0 Å². The Labute approximate surface area is 185 Å². The van der Waals surface area contributed by atoms with Gasteiger partial charge in [-0.05, 0) is 30.9 Å². The molecule has 0 amide bonds. The van der Waals surface area contributed by atoms with Gasteiger partial charge < -0.3 is 19.7 Å². The van der Waals surface area contributed by atoms with Gasteiger partial charge in [0.05, 0.1) is 19.8 Å². The van der Waals surface area contributed by atoms with Gasteiger partial charge in [0.25, 0.3) is 0 Å². The van der Waals surface area contributed by atoms with Crippen molar-refractivity contribution in [3.05, 3.63) is 30.3 Å². The highest BCUT2D eigenvalue weighted by molar-refractivity contribution is 7.99. The molecule has 166 valence electrons. The number of hydrogen-bond acceptors (Lipinski definition) is 5. The Balaban J connectivity index is 1.28. The smallest absolute Gasteiger partial charge is 0.193 e. The molecule has 1 N–H and O–H groups in total. The Morgan fingerprint density at radius 2 is 1.97 bits per heavy atom. The number of aliphatic imine (C=N–C) groups is 1. The molecule has 4 rings (SSSR count). The van der Waals surface area contributed by atoms with E-state index in [0.29, 0.717) is 17.9 Å². The third-order valence-electron chi connectivity index (χ3n) is 6.52. The monoisotopic (exact) mass is 432 g/mol. The first-order valence-corrected chi connectivity index (χ1v) is 12.3. The van der Waals surface area contributed by atoms with Gasteiger partial charge in [-0.3, -0.25) is 9.89 Å². The lowest BCUT2D eigenvalue weighted by Gasteiger charge is -2.38. The molecule has 3 aliphatic heterocycles. The largest absolute Gasteiger partial charge is 0.381 e. The molecular formula is C23H36N4O2S. The molecule has 7 heteroatoms. The summed E-state index contributed by atoms with van der Waals surface area (Å²) >= 11 is 1.97. The van der Waals surface area contributed by atoms with E-state index in [1.165, 1.54) is 17.1 Å². The summed E-state index contributed by atoms with van der Waals surface area (Å²) in [6.45, 7) is 8.60. The minimum Gasteiger partial charge on any atom is -0.381 e. The molecule has 0 bridgehead atoms. The van der Waals surface area contributed by atoms with Gasteiger partial charge in [0.2, 0.25) is 0 Å². The van der Waals surface area contributed by atoms with Gasteiger partial charge in [-0.2, -0.15) is 0 Å². The van der Waals surface area contributed by atoms with Crippen molar-refractivity contribution >= 4 is 17.7 Å². The van der Waals surface area contributed by atoms with Crippen molar-refractivity contribution in [2.24, 2.45) is 16.8 Å². The van der Waals surface area contributed by atoms with Gasteiger partial charge in [0, 0.05) is 69.0 Å². The maximum atomic E-state index is 5.71. The highest BCUT2D eigenvalue weighted by Gasteiger charge is 2.32. The van der Waals surface area contributed by atoms with Gasteiger partial charge in [-0.15, -0.1) is 11.8 Å². The summed E-state index contributed by atoms with van der Waals surface area (Å²) in [6, 6.07) is 11.2. The summed E-state index contributed by atoms with van der Waals surface area (Å²) in [7, 11) is 1.91. The van der Waals surface area contributed by atoms with Crippen LogP contribution in [0.5, 0.6) is 0 Å². The zero-order valence-electron chi connectivity index (χ0n) is 18.2. The molecule has 3 aliphatic rings. The van der Waals surface area contributed by atoms with E-state index >= 15 is 0 Å². The average molecular weight is 433 g/mol. The van der Waals surface area contributed by atoms with E-state index in [2.05, 4.69) is 50.4 Å². The first-order chi connectivity index (χ1) is 14.8. The van der Waals surface area contributed by atoms with Crippen molar-refractivity contribution in [2.75, 3.05) is 72.0 Å². The molecule has 3 heterocycles. The summed E-state index contributed by atoms with van der Waals surface area (Å²) in [6.07, 6.45) is 2.40.